The highest BCUT2D eigenvalue weighted by atomic mass is 19.4. The first-order valence-corrected chi connectivity index (χ1v) is 4.06. The third-order valence-corrected chi connectivity index (χ3v) is 1.74. The molecule has 2 aromatic heterocycles. The summed E-state index contributed by atoms with van der Waals surface area (Å²) in [5.41, 5.74) is -0.915. The average molecular weight is 217 g/mol. The van der Waals surface area contributed by atoms with Crippen LogP contribution >= 0.6 is 0 Å². The molecule has 0 N–H and O–H groups in total. The Labute approximate surface area is 82.3 Å². The van der Waals surface area contributed by atoms with E-state index < -0.39 is 11.9 Å². The van der Waals surface area contributed by atoms with E-state index in [1.54, 1.807) is 6.07 Å². The van der Waals surface area contributed by atoms with Crippen LogP contribution in [-0.4, -0.2) is 14.9 Å². The van der Waals surface area contributed by atoms with Gasteiger partial charge in [-0.2, -0.15) is 18.3 Å². The number of halogens is 3. The van der Waals surface area contributed by atoms with Crippen molar-refractivity contribution in [3.8, 4) is 0 Å². The number of aromatic nitrogens is 3. The molecule has 0 bridgehead atoms. The second-order valence-electron chi connectivity index (χ2n) is 2.88. The van der Waals surface area contributed by atoms with Gasteiger partial charge in [-0.1, -0.05) is 5.16 Å². The Hall–Kier alpha value is -1.79. The van der Waals surface area contributed by atoms with Crippen molar-refractivity contribution >= 4 is 0 Å². The zero-order valence-corrected chi connectivity index (χ0v) is 7.40. The van der Waals surface area contributed by atoms with Crippen molar-refractivity contribution in [3.05, 3.63) is 36.0 Å². The largest absolute Gasteiger partial charge is 0.435 e. The summed E-state index contributed by atoms with van der Waals surface area (Å²) in [5, 5.41) is 6.80. The Bertz CT molecular complexity index is 432. The maximum atomic E-state index is 12.2. The molecule has 7 heteroatoms. The second-order valence-corrected chi connectivity index (χ2v) is 2.88. The summed E-state index contributed by atoms with van der Waals surface area (Å²) >= 11 is 0. The van der Waals surface area contributed by atoms with E-state index in [0.29, 0.717) is 5.76 Å². The van der Waals surface area contributed by atoms with Crippen LogP contribution in [0.15, 0.2) is 29.0 Å². The Morgan fingerprint density at radius 1 is 1.33 bits per heavy atom. The molecule has 0 saturated heterocycles. The lowest BCUT2D eigenvalue weighted by molar-refractivity contribution is -0.141. The van der Waals surface area contributed by atoms with Gasteiger partial charge in [0.2, 0.25) is 0 Å². The molecule has 0 aliphatic heterocycles. The van der Waals surface area contributed by atoms with Gasteiger partial charge in [-0.05, 0) is 6.07 Å². The zero-order chi connectivity index (χ0) is 10.9. The highest BCUT2D eigenvalue weighted by Crippen LogP contribution is 2.27. The van der Waals surface area contributed by atoms with Gasteiger partial charge in [0.1, 0.15) is 6.54 Å². The predicted molar refractivity (Wildman–Crippen MR) is 42.8 cm³/mol. The van der Waals surface area contributed by atoms with Gasteiger partial charge in [0, 0.05) is 12.3 Å². The summed E-state index contributed by atoms with van der Waals surface area (Å²) in [6.07, 6.45) is -1.75. The van der Waals surface area contributed by atoms with E-state index in [0.717, 1.165) is 10.7 Å². The summed E-state index contributed by atoms with van der Waals surface area (Å²) in [4.78, 5) is 0. The molecule has 0 aromatic carbocycles. The van der Waals surface area contributed by atoms with Crippen molar-refractivity contribution < 1.29 is 17.7 Å². The molecule has 0 unspecified atom stereocenters. The van der Waals surface area contributed by atoms with Gasteiger partial charge in [-0.3, -0.25) is 4.68 Å². The fourth-order valence-electron chi connectivity index (χ4n) is 1.08. The van der Waals surface area contributed by atoms with Gasteiger partial charge in [0.05, 0.1) is 6.20 Å². The van der Waals surface area contributed by atoms with Crippen LogP contribution in [-0.2, 0) is 12.7 Å². The number of rotatable bonds is 2. The summed E-state index contributed by atoms with van der Waals surface area (Å²) in [6.45, 7) is 0.135. The highest BCUT2D eigenvalue weighted by Gasteiger charge is 2.33. The van der Waals surface area contributed by atoms with E-state index in [-0.39, 0.29) is 6.54 Å². The van der Waals surface area contributed by atoms with Gasteiger partial charge in [0.25, 0.3) is 0 Å². The van der Waals surface area contributed by atoms with Gasteiger partial charge >= 0.3 is 6.18 Å². The molecule has 4 nitrogen and oxygen atoms in total. The molecular formula is C8H6F3N3O. The quantitative estimate of drug-likeness (QED) is 0.772. The van der Waals surface area contributed by atoms with Crippen LogP contribution in [0.5, 0.6) is 0 Å². The minimum Gasteiger partial charge on any atom is -0.359 e. The number of hydrogen-bond acceptors (Lipinski definition) is 3. The van der Waals surface area contributed by atoms with E-state index in [4.69, 9.17) is 4.52 Å². The molecule has 2 heterocycles. The topological polar surface area (TPSA) is 43.9 Å². The van der Waals surface area contributed by atoms with Crippen LogP contribution in [0.3, 0.4) is 0 Å². The molecule has 2 aromatic rings. The van der Waals surface area contributed by atoms with E-state index >= 15 is 0 Å². The maximum Gasteiger partial charge on any atom is 0.435 e. The molecule has 80 valence electrons. The molecule has 0 fully saturated rings. The van der Waals surface area contributed by atoms with Gasteiger partial charge < -0.3 is 4.52 Å². The van der Waals surface area contributed by atoms with E-state index in [1.807, 2.05) is 0 Å². The Balaban J connectivity index is 2.15. The number of hydrogen-bond donors (Lipinski definition) is 0. The minimum absolute atomic E-state index is 0.135. The molecule has 0 radical (unpaired) electrons. The molecule has 0 saturated carbocycles. The molecule has 0 atom stereocenters. The lowest BCUT2D eigenvalue weighted by atomic mass is 10.4. The van der Waals surface area contributed by atoms with Gasteiger partial charge in [-0.25, -0.2) is 0 Å². The molecule has 0 amide bonds. The third-order valence-electron chi connectivity index (χ3n) is 1.74. The third kappa shape index (κ3) is 2.17. The first-order chi connectivity index (χ1) is 7.05. The van der Waals surface area contributed by atoms with Crippen LogP contribution in [0.25, 0.3) is 0 Å². The number of nitrogens with zero attached hydrogens (tertiary/aromatic N) is 3. The molecule has 15 heavy (non-hydrogen) atoms. The Morgan fingerprint density at radius 3 is 2.67 bits per heavy atom. The fraction of sp³-hybridized carbons (Fsp3) is 0.250. The normalized spacial score (nSPS) is 11.9. The lowest BCUT2D eigenvalue weighted by Crippen LogP contribution is -2.08. The smallest absolute Gasteiger partial charge is 0.359 e. The van der Waals surface area contributed by atoms with Crippen molar-refractivity contribution in [1.29, 1.82) is 0 Å². The average Bonchev–Trinajstić information content (AvgIpc) is 2.73. The van der Waals surface area contributed by atoms with Crippen LogP contribution in [0, 0.1) is 0 Å². The summed E-state index contributed by atoms with van der Waals surface area (Å²) in [5.74, 6) is 0.451. The highest BCUT2D eigenvalue weighted by molar-refractivity contribution is 5.04. The van der Waals surface area contributed by atoms with Crippen LogP contribution < -0.4 is 0 Å². The van der Waals surface area contributed by atoms with Crippen molar-refractivity contribution in [3.63, 3.8) is 0 Å². The summed E-state index contributed by atoms with van der Waals surface area (Å²) in [7, 11) is 0. The van der Waals surface area contributed by atoms with Crippen molar-refractivity contribution in [2.45, 2.75) is 12.7 Å². The van der Waals surface area contributed by atoms with E-state index in [1.165, 1.54) is 12.4 Å². The monoisotopic (exact) mass is 217 g/mol. The first kappa shape index (κ1) is 9.75. The van der Waals surface area contributed by atoms with Crippen LogP contribution in [0.4, 0.5) is 13.2 Å². The van der Waals surface area contributed by atoms with Gasteiger partial charge in [-0.15, -0.1) is 0 Å². The SMILES string of the molecule is FC(F)(F)c1ccn(Cc2ccno2)n1. The van der Waals surface area contributed by atoms with Crippen molar-refractivity contribution in [2.75, 3.05) is 0 Å². The standard InChI is InChI=1S/C8H6F3N3O/c9-8(10,11)7-2-4-14(13-7)5-6-1-3-12-15-6/h1-4H,5H2. The molecule has 2 rings (SSSR count). The second kappa shape index (κ2) is 3.41. The van der Waals surface area contributed by atoms with Crippen LogP contribution in [0.1, 0.15) is 11.5 Å². The zero-order valence-electron chi connectivity index (χ0n) is 7.40. The van der Waals surface area contributed by atoms with E-state index in [2.05, 4.69) is 10.3 Å². The van der Waals surface area contributed by atoms with Crippen molar-refractivity contribution in [1.82, 2.24) is 14.9 Å². The first-order valence-electron chi connectivity index (χ1n) is 4.06. The van der Waals surface area contributed by atoms with Crippen LogP contribution in [0.2, 0.25) is 0 Å². The van der Waals surface area contributed by atoms with Crippen molar-refractivity contribution in [2.24, 2.45) is 0 Å². The Kier molecular flexibility index (Phi) is 2.22. The minimum atomic E-state index is -4.41. The predicted octanol–water partition coefficient (Wildman–Crippen LogP) is 1.94. The molecule has 0 aliphatic carbocycles. The molecule has 0 spiro atoms. The van der Waals surface area contributed by atoms with Gasteiger partial charge in [0.15, 0.2) is 11.5 Å². The number of alkyl halides is 3. The Morgan fingerprint density at radius 2 is 2.13 bits per heavy atom. The van der Waals surface area contributed by atoms with E-state index in [9.17, 15) is 13.2 Å². The fourth-order valence-corrected chi connectivity index (χ4v) is 1.08. The lowest BCUT2D eigenvalue weighted by Gasteiger charge is -2.00. The maximum absolute atomic E-state index is 12.2. The summed E-state index contributed by atoms with van der Waals surface area (Å²) < 4.78 is 42.4. The molecular weight excluding hydrogens is 211 g/mol. The summed E-state index contributed by atoms with van der Waals surface area (Å²) in [6, 6.07) is 2.48. The molecule has 0 aliphatic rings.